The molecule has 0 bridgehead atoms. The van der Waals surface area contributed by atoms with Crippen LogP contribution in [0.5, 0.6) is 0 Å². The molecule has 8 heteroatoms. The Labute approximate surface area is 241 Å². The van der Waals surface area contributed by atoms with Gasteiger partial charge in [-0.05, 0) is 20.3 Å². The predicted molar refractivity (Wildman–Crippen MR) is 165 cm³/mol. The average Bonchev–Trinajstić information content (AvgIpc) is 3.02. The van der Waals surface area contributed by atoms with Crippen molar-refractivity contribution in [3.63, 3.8) is 0 Å². The Morgan fingerprint density at radius 1 is 0.512 bits per heavy atom. The number of rotatable bonds is 12. The van der Waals surface area contributed by atoms with Crippen LogP contribution in [0.4, 0.5) is 0 Å². The smallest absolute Gasteiger partial charge is 0.317 e. The lowest BCUT2D eigenvalue weighted by molar-refractivity contribution is -0.144. The Kier molecular flexibility index (Phi) is 10.2. The first-order valence-electron chi connectivity index (χ1n) is 13.6. The number of ether oxygens (including phenoxy) is 2. The van der Waals surface area contributed by atoms with Crippen molar-refractivity contribution in [1.29, 1.82) is 0 Å². The summed E-state index contributed by atoms with van der Waals surface area (Å²) in [6.45, 7) is 3.45. The van der Waals surface area contributed by atoms with Gasteiger partial charge in [-0.15, -0.1) is 0 Å². The molecule has 4 aromatic carbocycles. The molecular weight excluding hydrogens is 554 g/mol. The first kappa shape index (κ1) is 30.2. The zero-order valence-corrected chi connectivity index (χ0v) is 25.0. The van der Waals surface area contributed by atoms with Crippen LogP contribution in [-0.4, -0.2) is 36.5 Å². The van der Waals surface area contributed by atoms with Gasteiger partial charge in [0, 0.05) is 21.2 Å². The standard InChI is InChI=1S/C33H34O6P2/c1-3-38-32(34)30(40(36,26-17-9-5-10-18-26)27-19-11-6-12-20-27)25-31(33(35)39-4-2)41(37,28-21-13-7-14-22-28)29-23-15-8-16-24-29/h5-24,30-31H,3-4,25H2,1-2H3/t30-,31-/m1/s1. The lowest BCUT2D eigenvalue weighted by atomic mass is 10.2. The van der Waals surface area contributed by atoms with Gasteiger partial charge in [0.1, 0.15) is 11.3 Å². The van der Waals surface area contributed by atoms with Crippen LogP contribution < -0.4 is 21.2 Å². The molecule has 0 N–H and O–H groups in total. The number of hydrogen-bond donors (Lipinski definition) is 0. The maximum absolute atomic E-state index is 15.4. The van der Waals surface area contributed by atoms with Gasteiger partial charge in [-0.3, -0.25) is 9.59 Å². The fraction of sp³-hybridized carbons (Fsp3) is 0.212. The first-order chi connectivity index (χ1) is 19.9. The largest absolute Gasteiger partial charge is 0.465 e. The Balaban J connectivity index is 1.99. The Hall–Kier alpha value is -3.72. The fourth-order valence-corrected chi connectivity index (χ4v) is 11.5. The van der Waals surface area contributed by atoms with Crippen LogP contribution in [0.2, 0.25) is 0 Å². The van der Waals surface area contributed by atoms with Crippen molar-refractivity contribution in [2.45, 2.75) is 31.6 Å². The van der Waals surface area contributed by atoms with E-state index in [1.807, 2.05) is 0 Å². The van der Waals surface area contributed by atoms with Crippen molar-refractivity contribution in [1.82, 2.24) is 0 Å². The second kappa shape index (κ2) is 13.8. The van der Waals surface area contributed by atoms with Crippen LogP contribution in [0.25, 0.3) is 0 Å². The molecule has 0 spiro atoms. The van der Waals surface area contributed by atoms with Crippen LogP contribution >= 0.6 is 14.3 Å². The maximum atomic E-state index is 15.4. The second-order valence-electron chi connectivity index (χ2n) is 9.43. The molecule has 0 fully saturated rings. The van der Waals surface area contributed by atoms with E-state index < -0.39 is 37.5 Å². The maximum Gasteiger partial charge on any atom is 0.317 e. The molecule has 2 atom stereocenters. The molecule has 0 aliphatic carbocycles. The molecule has 0 aliphatic rings. The summed E-state index contributed by atoms with van der Waals surface area (Å²) in [6.07, 6.45) is -0.306. The minimum absolute atomic E-state index is 0.0536. The molecule has 0 saturated carbocycles. The summed E-state index contributed by atoms with van der Waals surface area (Å²) in [5, 5.41) is 1.78. The summed E-state index contributed by atoms with van der Waals surface area (Å²) in [5.41, 5.74) is -2.61. The average molecular weight is 589 g/mol. The van der Waals surface area contributed by atoms with Crippen molar-refractivity contribution in [3.8, 4) is 0 Å². The number of benzene rings is 4. The highest BCUT2D eigenvalue weighted by Gasteiger charge is 2.50. The van der Waals surface area contributed by atoms with Gasteiger partial charge in [0.2, 0.25) is 0 Å². The monoisotopic (exact) mass is 588 g/mol. The SMILES string of the molecule is CCOC(=O)[C@@H](C[C@H](C(=O)OCC)P(=O)(c1ccccc1)c1ccccc1)P(=O)(c1ccccc1)c1ccccc1. The van der Waals surface area contributed by atoms with Crippen LogP contribution in [0.1, 0.15) is 20.3 Å². The number of carbonyl (C=O) groups is 2. The summed E-state index contributed by atoms with van der Waals surface area (Å²) < 4.78 is 41.8. The highest BCUT2D eigenvalue weighted by Crippen LogP contribution is 2.57. The van der Waals surface area contributed by atoms with E-state index in [-0.39, 0.29) is 19.6 Å². The molecule has 41 heavy (non-hydrogen) atoms. The molecule has 4 aromatic rings. The molecule has 0 heterocycles. The molecule has 212 valence electrons. The summed E-state index contributed by atoms with van der Waals surface area (Å²) in [6, 6.07) is 35.0. The van der Waals surface area contributed by atoms with Crippen molar-refractivity contribution < 1.29 is 28.2 Å². The quantitative estimate of drug-likeness (QED) is 0.166. The molecule has 0 aromatic heterocycles. The zero-order chi connectivity index (χ0) is 29.3. The lowest BCUT2D eigenvalue weighted by Gasteiger charge is -2.33. The summed E-state index contributed by atoms with van der Waals surface area (Å²) in [7, 11) is -7.58. The van der Waals surface area contributed by atoms with Gasteiger partial charge in [-0.1, -0.05) is 121 Å². The van der Waals surface area contributed by atoms with Gasteiger partial charge in [0.15, 0.2) is 14.3 Å². The molecule has 0 unspecified atom stereocenters. The summed E-state index contributed by atoms with van der Waals surface area (Å²) in [4.78, 5) is 27.6. The van der Waals surface area contributed by atoms with Crippen LogP contribution in [-0.2, 0) is 28.2 Å². The molecule has 0 saturated heterocycles. The summed E-state index contributed by atoms with van der Waals surface area (Å²) >= 11 is 0. The van der Waals surface area contributed by atoms with Crippen molar-refractivity contribution in [2.75, 3.05) is 13.2 Å². The summed E-state index contributed by atoms with van der Waals surface area (Å²) in [5.74, 6) is -1.43. The molecule has 0 aliphatic heterocycles. The van der Waals surface area contributed by atoms with Gasteiger partial charge in [0.05, 0.1) is 13.2 Å². The number of carbonyl (C=O) groups excluding carboxylic acids is 2. The van der Waals surface area contributed by atoms with Crippen LogP contribution in [0.15, 0.2) is 121 Å². The third-order valence-electron chi connectivity index (χ3n) is 7.00. The zero-order valence-electron chi connectivity index (χ0n) is 23.2. The van der Waals surface area contributed by atoms with E-state index in [9.17, 15) is 9.59 Å². The Morgan fingerprint density at radius 2 is 0.756 bits per heavy atom. The molecule has 6 nitrogen and oxygen atoms in total. The van der Waals surface area contributed by atoms with E-state index in [0.717, 1.165) is 0 Å². The van der Waals surface area contributed by atoms with Crippen molar-refractivity contribution >= 4 is 47.4 Å². The minimum Gasteiger partial charge on any atom is -0.465 e. The van der Waals surface area contributed by atoms with E-state index in [4.69, 9.17) is 9.47 Å². The van der Waals surface area contributed by atoms with Gasteiger partial charge in [-0.25, -0.2) is 0 Å². The third-order valence-corrected chi connectivity index (χ3v) is 13.9. The molecule has 0 radical (unpaired) electrons. The minimum atomic E-state index is -3.79. The van der Waals surface area contributed by atoms with Crippen molar-refractivity contribution in [2.24, 2.45) is 0 Å². The van der Waals surface area contributed by atoms with E-state index >= 15 is 9.13 Å². The molecule has 0 amide bonds. The normalized spacial score (nSPS) is 13.1. The fourth-order valence-electron chi connectivity index (χ4n) is 5.09. The van der Waals surface area contributed by atoms with Gasteiger partial charge >= 0.3 is 11.9 Å². The van der Waals surface area contributed by atoms with E-state index in [1.54, 1.807) is 135 Å². The molecule has 4 rings (SSSR count). The second-order valence-corrected chi connectivity index (χ2v) is 15.4. The molecular formula is C33H34O6P2. The third kappa shape index (κ3) is 6.30. The van der Waals surface area contributed by atoms with E-state index in [1.165, 1.54) is 0 Å². The van der Waals surface area contributed by atoms with Gasteiger partial charge < -0.3 is 18.6 Å². The topological polar surface area (TPSA) is 86.7 Å². The lowest BCUT2D eigenvalue weighted by Crippen LogP contribution is -2.41. The highest BCUT2D eigenvalue weighted by atomic mass is 31.2. The van der Waals surface area contributed by atoms with E-state index in [2.05, 4.69) is 0 Å². The Bertz CT molecular complexity index is 1320. The van der Waals surface area contributed by atoms with Gasteiger partial charge in [0.25, 0.3) is 0 Å². The Morgan fingerprint density at radius 3 is 0.976 bits per heavy atom. The number of hydrogen-bond acceptors (Lipinski definition) is 6. The van der Waals surface area contributed by atoms with Crippen LogP contribution in [0, 0.1) is 0 Å². The van der Waals surface area contributed by atoms with E-state index in [0.29, 0.717) is 21.2 Å². The number of esters is 2. The highest BCUT2D eigenvalue weighted by molar-refractivity contribution is 7.81. The van der Waals surface area contributed by atoms with Gasteiger partial charge in [-0.2, -0.15) is 0 Å². The first-order valence-corrected chi connectivity index (χ1v) is 17.2. The predicted octanol–water partition coefficient (Wildman–Crippen LogP) is 5.27. The van der Waals surface area contributed by atoms with Crippen molar-refractivity contribution in [3.05, 3.63) is 121 Å². The van der Waals surface area contributed by atoms with Crippen LogP contribution in [0.3, 0.4) is 0 Å².